The third kappa shape index (κ3) is 57700. The molecule has 0 aromatic carbocycles. The molecule has 6 radical (unpaired) electrons. The zero-order valence-electron chi connectivity index (χ0n) is 38.4. The van der Waals surface area contributed by atoms with E-state index in [1.165, 1.54) is 0 Å². The van der Waals surface area contributed by atoms with Gasteiger partial charge in [0.2, 0.25) is 0 Å². The van der Waals surface area contributed by atoms with E-state index in [1.54, 1.807) is 0 Å². The Hall–Kier alpha value is -2.55. The fraction of sp³-hybridized carbons (Fsp3) is 0.500. The Bertz CT molecular complexity index is 1450. The van der Waals surface area contributed by atoms with Gasteiger partial charge in [0, 0.05) is 44.7 Å². The van der Waals surface area contributed by atoms with Gasteiger partial charge in [0.15, 0.2) is 0 Å². The molecule has 0 heterocycles. The number of carbonyl (C=O) groups is 4. The molecule has 0 saturated heterocycles. The molecule has 0 aliphatic carbocycles. The first-order valence-corrected chi connectivity index (χ1v) is 20.8. The number of carboxylic acid groups (broad SMARTS) is 4. The van der Waals surface area contributed by atoms with Gasteiger partial charge in [-0.1, -0.05) is 0 Å². The van der Waals surface area contributed by atoms with Gasteiger partial charge < -0.3 is 173 Å². The van der Waals surface area contributed by atoms with Crippen LogP contribution in [0.1, 0.15) is 27.7 Å². The van der Waals surface area contributed by atoms with Crippen molar-refractivity contribution in [2.24, 2.45) is 0 Å². The summed E-state index contributed by atoms with van der Waals surface area (Å²) >= 11 is -23.0. The monoisotopic (exact) mass is 1620 g/mol. The molecule has 0 amide bonds. The molecule has 0 bridgehead atoms. The summed E-state index contributed by atoms with van der Waals surface area (Å²) in [6.45, 7) is 3.89. The predicted molar refractivity (Wildman–Crippen MR) is 154 cm³/mol. The quantitative estimate of drug-likeness (QED) is 0.0389. The van der Waals surface area contributed by atoms with E-state index in [0.29, 0.717) is 0 Å². The summed E-state index contributed by atoms with van der Waals surface area (Å²) in [7, 11) is -10.3. The maximum absolute atomic E-state index is 8.89. The zero-order valence-corrected chi connectivity index (χ0v) is 52.4. The van der Waals surface area contributed by atoms with Gasteiger partial charge in [-0.25, -0.2) is 0 Å². The molecule has 69 heteroatoms. The van der Waals surface area contributed by atoms with Gasteiger partial charge in [0.05, 0.1) is 20.3 Å². The fourth-order valence-electron chi connectivity index (χ4n) is 0. The number of carbonyl (C=O) groups excluding carboxylic acids is 4. The molecule has 0 rings (SSSR count). The van der Waals surface area contributed by atoms with E-state index >= 15 is 0 Å². The molecule has 28 N–H and O–H groups in total. The molecule has 480 valence electrons. The van der Waals surface area contributed by atoms with Crippen molar-refractivity contribution in [3.63, 3.8) is 0 Å². The molecule has 0 aliphatic rings. The topological polar surface area (TPSA) is 1220 Å². The van der Waals surface area contributed by atoms with E-state index in [1.807, 2.05) is 0 Å². The van der Waals surface area contributed by atoms with Crippen LogP contribution in [-0.4, -0.2) is 79.3 Å². The van der Waals surface area contributed by atoms with E-state index in [0.717, 1.165) is 27.7 Å². The van der Waals surface area contributed by atoms with Crippen LogP contribution in [0.3, 0.4) is 0 Å². The number of aliphatic carboxylic acids is 4. The van der Waals surface area contributed by atoms with Crippen LogP contribution in [0.4, 0.5) is 0 Å². The van der Waals surface area contributed by atoms with Crippen LogP contribution in [0, 0.1) is 61.3 Å². The molecule has 0 unspecified atom stereocenters. The Labute approximate surface area is 500 Å². The molecule has 57 nitrogen and oxygen atoms in total. The van der Waals surface area contributed by atoms with Crippen molar-refractivity contribution in [2.45, 2.75) is 27.7 Å². The second kappa shape index (κ2) is 117. The first-order valence-electron chi connectivity index (χ1n) is 9.82. The summed E-state index contributed by atoms with van der Waals surface area (Å²) in [5, 5.41) is 94.6. The number of hydrogen-bond acceptors (Lipinski definition) is 44. The average molecular weight is 1620 g/mol. The van der Waals surface area contributed by atoms with Gasteiger partial charge in [0.25, 0.3) is 0 Å². The third-order valence-corrected chi connectivity index (χ3v) is 0. The van der Waals surface area contributed by atoms with Crippen molar-refractivity contribution in [1.29, 1.82) is 0 Å². The van der Waals surface area contributed by atoms with Crippen LogP contribution in [0.2, 0.25) is 0 Å². The van der Waals surface area contributed by atoms with Crippen LogP contribution < -0.4 is 96.7 Å². The van der Waals surface area contributed by atoms with Crippen molar-refractivity contribution in [3.05, 3.63) is 61.3 Å². The number of quaternary nitrogens is 7. The molecular formula is C8H40Cr9CuN11O46S2. The molecule has 0 atom stereocenters. The van der Waals surface area contributed by atoms with Crippen molar-refractivity contribution in [2.75, 3.05) is 0 Å². The normalized spacial score (nSPS) is 7.06. The number of nitrogens with zero attached hydrogens (tertiary/aromatic N) is 4. The Morgan fingerprint density at radius 2 is 0.312 bits per heavy atom. The van der Waals surface area contributed by atoms with Gasteiger partial charge in [-0.15, -0.1) is 0 Å². The molecule has 0 fully saturated rings. The molecule has 0 aromatic rings. The fourth-order valence-corrected chi connectivity index (χ4v) is 0. The van der Waals surface area contributed by atoms with Gasteiger partial charge >= 0.3 is 222 Å². The first kappa shape index (κ1) is 194. The SMILES string of the molecule is CC(=O)[O-].CC(=O)[O-].CC(=O)[O-].CC(=O)[O-].O=S(=O)([O-])[O-].O=S(=O)([O-])[O-].O=[N+]([O-])[O-].O=[N+]([O-])[O-].O=[N+]([O-])[O-].O=[N+]([O-])[O-].[Cr+3].[Cr+3].[Cr+3].[Cr+3].[Cr+3].[Cu+2].[NH4+].[NH4+].[NH4+].[NH4+].[NH4+].[NH4+].[NH4+].[O-2].[O-2].[O]=[Cr](=[O])([O-])[O-].[O]=[Cr](=[O])([O-])[O-].[O]=[Cr](=[O])([O-])[O-].[O]=[Cr](=[O])([O-])[O-]. The average Bonchev–Trinajstić information content (AvgIpc) is 2.68. The summed E-state index contributed by atoms with van der Waals surface area (Å²) < 4.78 is 206. The first-order chi connectivity index (χ1) is 25.9. The van der Waals surface area contributed by atoms with Gasteiger partial charge in [0.1, 0.15) is 0 Å². The van der Waals surface area contributed by atoms with Gasteiger partial charge in [-0.2, -0.15) is 0 Å². The number of carboxylic acids is 4. The van der Waals surface area contributed by atoms with E-state index in [9.17, 15) is 0 Å². The minimum absolute atomic E-state index is 0. The van der Waals surface area contributed by atoms with Crippen LogP contribution >= 0.6 is 0 Å². The molecule has 0 spiro atoms. The summed E-state index contributed by atoms with van der Waals surface area (Å²) in [5.74, 6) is -4.33. The molecule has 0 aliphatic heterocycles. The Morgan fingerprint density at radius 3 is 0.312 bits per heavy atom. The predicted octanol–water partition coefficient (Wildman–Crippen LogP) is -16.7. The second-order valence-electron chi connectivity index (χ2n) is 5.31. The van der Waals surface area contributed by atoms with Crippen LogP contribution in [0.25, 0.3) is 0 Å². The Kier molecular flexibility index (Phi) is 295. The van der Waals surface area contributed by atoms with Crippen molar-refractivity contribution in [1.82, 2.24) is 43.1 Å². The van der Waals surface area contributed by atoms with Crippen LogP contribution in [0.5, 0.6) is 0 Å². The van der Waals surface area contributed by atoms with Crippen molar-refractivity contribution >= 4 is 44.7 Å². The Morgan fingerprint density at radius 1 is 0.312 bits per heavy atom. The van der Waals surface area contributed by atoms with Crippen molar-refractivity contribution in [3.8, 4) is 0 Å². The molecule has 0 saturated carbocycles. The molecule has 0 aromatic heterocycles. The van der Waals surface area contributed by atoms with Gasteiger partial charge in [-0.05, 0) is 27.7 Å². The summed E-state index contributed by atoms with van der Waals surface area (Å²) in [6, 6.07) is 0. The van der Waals surface area contributed by atoms with E-state index < -0.39 is 119 Å². The third-order valence-electron chi connectivity index (χ3n) is 0. The van der Waals surface area contributed by atoms with Gasteiger partial charge in [-0.3, -0.25) is 16.8 Å². The number of rotatable bonds is 0. The Balaban J connectivity index is -0.0000000118. The van der Waals surface area contributed by atoms with Crippen LogP contribution in [-0.2, 0) is 240 Å². The standard InChI is InChI=1S/4C2H4O2.9Cr.Cu.4NO3.7H3N.2H2O4S.18O/c4*1-2(3)4;;;;;;;;;;;4*2-1(3)4;;;;;;;;2*1-5(2,3)4;;;;;;;;;;;;;;;;;;/h4*1H3,(H,3,4);;;;;;;;;;;;;;;7*1H3;2*(H2,1,2,3,4);;;;;;;;;;;;;;;;;;/q;;;;;;;;5*+3;+2;4*-1;;;;;;;;;;;;;;;;;;2*-2;8*-1/p-1. The zero-order chi connectivity index (χ0) is 55.6. The minimum atomic E-state index is -5.75. The van der Waals surface area contributed by atoms with E-state index in [4.69, 9.17) is 200 Å². The van der Waals surface area contributed by atoms with Crippen molar-refractivity contribution < 1.29 is 328 Å². The second-order valence-corrected chi connectivity index (χ2v) is 12.0. The van der Waals surface area contributed by atoms with E-state index in [-0.39, 0.29) is 158 Å². The molecule has 77 heavy (non-hydrogen) atoms. The summed E-state index contributed by atoms with van der Waals surface area (Å²) in [5.41, 5.74) is 0. The van der Waals surface area contributed by atoms with Crippen LogP contribution in [0.15, 0.2) is 0 Å². The molecular weight excluding hydrogens is 1580 g/mol. The number of hydrogen-bond donors (Lipinski definition) is 7. The summed E-state index contributed by atoms with van der Waals surface area (Å²) in [6.07, 6.45) is 0. The van der Waals surface area contributed by atoms with E-state index in [2.05, 4.69) is 0 Å². The summed E-state index contributed by atoms with van der Waals surface area (Å²) in [4.78, 5) is 68.6. The maximum atomic E-state index is 8.89.